The molecule has 0 heterocycles. The van der Waals surface area contributed by atoms with Crippen molar-refractivity contribution in [1.82, 2.24) is 10.0 Å². The van der Waals surface area contributed by atoms with Crippen LogP contribution in [0.3, 0.4) is 0 Å². The van der Waals surface area contributed by atoms with Gasteiger partial charge in [0.25, 0.3) is 0 Å². The second-order valence-corrected chi connectivity index (χ2v) is 9.95. The minimum atomic E-state index is -3.67. The first kappa shape index (κ1) is 22.0. The lowest BCUT2D eigenvalue weighted by Gasteiger charge is -2.26. The van der Waals surface area contributed by atoms with Gasteiger partial charge >= 0.3 is 0 Å². The molecule has 1 amide bonds. The summed E-state index contributed by atoms with van der Waals surface area (Å²) in [4.78, 5) is 12.4. The summed E-state index contributed by atoms with van der Waals surface area (Å²) in [6, 6.07) is 20.8. The summed E-state index contributed by atoms with van der Waals surface area (Å²) in [5.74, 6) is -0.183. The van der Waals surface area contributed by atoms with Crippen LogP contribution in [0, 0.1) is 6.92 Å². The summed E-state index contributed by atoms with van der Waals surface area (Å²) >= 11 is 0. The molecule has 0 spiro atoms. The van der Waals surface area contributed by atoms with Crippen molar-refractivity contribution < 1.29 is 13.2 Å². The number of carbonyl (C=O) groups excluding carboxylic acids is 1. The zero-order valence-corrected chi connectivity index (χ0v) is 18.4. The summed E-state index contributed by atoms with van der Waals surface area (Å²) in [6.45, 7) is 6.72. The van der Waals surface area contributed by atoms with Gasteiger partial charge in [-0.1, -0.05) is 74.0 Å². The Hall–Kier alpha value is -2.70. The van der Waals surface area contributed by atoms with Gasteiger partial charge in [0.05, 0.1) is 4.90 Å². The first-order chi connectivity index (χ1) is 14.2. The molecule has 0 radical (unpaired) electrons. The van der Waals surface area contributed by atoms with E-state index in [1.54, 1.807) is 18.2 Å². The van der Waals surface area contributed by atoms with E-state index < -0.39 is 10.0 Å². The summed E-state index contributed by atoms with van der Waals surface area (Å²) in [7, 11) is -3.67. The van der Waals surface area contributed by atoms with Gasteiger partial charge in [0.15, 0.2) is 0 Å². The molecular weight excluding hydrogens is 396 g/mol. The van der Waals surface area contributed by atoms with E-state index in [1.807, 2.05) is 43.3 Å². The van der Waals surface area contributed by atoms with E-state index in [0.29, 0.717) is 6.54 Å². The van der Waals surface area contributed by atoms with Crippen molar-refractivity contribution in [2.45, 2.75) is 37.5 Å². The zero-order chi connectivity index (χ0) is 21.8. The number of fused-ring (bicyclic) bond motifs is 1. The molecule has 3 rings (SSSR count). The highest BCUT2D eigenvalue weighted by Crippen LogP contribution is 2.23. The van der Waals surface area contributed by atoms with Crippen molar-refractivity contribution in [1.29, 1.82) is 0 Å². The Morgan fingerprint density at radius 2 is 1.67 bits per heavy atom. The maximum Gasteiger partial charge on any atom is 0.240 e. The Bertz CT molecular complexity index is 1150. The second kappa shape index (κ2) is 8.98. The summed E-state index contributed by atoms with van der Waals surface area (Å²) in [5.41, 5.74) is 2.11. The fraction of sp³-hybridized carbons (Fsp3) is 0.292. The molecular formula is C24H28N2O3S. The predicted octanol–water partition coefficient (Wildman–Crippen LogP) is 3.91. The lowest BCUT2D eigenvalue weighted by Crippen LogP contribution is -2.38. The monoisotopic (exact) mass is 424 g/mol. The Balaban J connectivity index is 1.53. The summed E-state index contributed by atoms with van der Waals surface area (Å²) in [5, 5.41) is 4.75. The molecule has 0 bridgehead atoms. The molecule has 6 heteroatoms. The van der Waals surface area contributed by atoms with E-state index in [1.165, 1.54) is 5.56 Å². The van der Waals surface area contributed by atoms with Crippen molar-refractivity contribution in [2.24, 2.45) is 0 Å². The lowest BCUT2D eigenvalue weighted by atomic mass is 9.84. The average Bonchev–Trinajstić information content (AvgIpc) is 2.72. The molecule has 0 saturated carbocycles. The fourth-order valence-corrected chi connectivity index (χ4v) is 4.36. The molecule has 0 fully saturated rings. The molecule has 30 heavy (non-hydrogen) atoms. The topological polar surface area (TPSA) is 75.3 Å². The third-order valence-corrected chi connectivity index (χ3v) is 6.66. The number of amides is 1. The molecule has 0 aliphatic carbocycles. The smallest absolute Gasteiger partial charge is 0.240 e. The largest absolute Gasteiger partial charge is 0.355 e. The first-order valence-corrected chi connectivity index (χ1v) is 11.5. The van der Waals surface area contributed by atoms with E-state index in [2.05, 4.69) is 36.0 Å². The molecule has 0 aliphatic heterocycles. The Morgan fingerprint density at radius 3 is 2.40 bits per heavy atom. The van der Waals surface area contributed by atoms with Gasteiger partial charge in [-0.2, -0.15) is 0 Å². The first-order valence-electron chi connectivity index (χ1n) is 10.00. The number of benzene rings is 3. The minimum absolute atomic E-state index is 0.0475. The molecule has 158 valence electrons. The molecule has 2 N–H and O–H groups in total. The van der Waals surface area contributed by atoms with Crippen LogP contribution < -0.4 is 10.0 Å². The van der Waals surface area contributed by atoms with Crippen LogP contribution in [0.1, 0.15) is 31.4 Å². The van der Waals surface area contributed by atoms with Crippen LogP contribution in [0.15, 0.2) is 71.6 Å². The average molecular weight is 425 g/mol. The number of rotatable bonds is 8. The number of sulfonamides is 1. The van der Waals surface area contributed by atoms with Crippen LogP contribution in [0.5, 0.6) is 0 Å². The van der Waals surface area contributed by atoms with Crippen LogP contribution in [0.25, 0.3) is 10.8 Å². The minimum Gasteiger partial charge on any atom is -0.355 e. The van der Waals surface area contributed by atoms with E-state index >= 15 is 0 Å². The van der Waals surface area contributed by atoms with E-state index in [-0.39, 0.29) is 29.2 Å². The summed E-state index contributed by atoms with van der Waals surface area (Å²) < 4.78 is 27.6. The Kier molecular flexibility index (Phi) is 6.58. The van der Waals surface area contributed by atoms with Gasteiger partial charge in [0.1, 0.15) is 0 Å². The predicted molar refractivity (Wildman–Crippen MR) is 121 cm³/mol. The molecule has 0 atom stereocenters. The van der Waals surface area contributed by atoms with E-state index in [0.717, 1.165) is 16.3 Å². The van der Waals surface area contributed by atoms with Crippen LogP contribution in [-0.2, 0) is 20.2 Å². The van der Waals surface area contributed by atoms with Crippen LogP contribution in [0.2, 0.25) is 0 Å². The van der Waals surface area contributed by atoms with Gasteiger partial charge in [0, 0.05) is 24.9 Å². The molecule has 3 aromatic carbocycles. The quantitative estimate of drug-likeness (QED) is 0.576. The van der Waals surface area contributed by atoms with Gasteiger partial charge in [-0.25, -0.2) is 13.1 Å². The molecule has 0 aliphatic rings. The van der Waals surface area contributed by atoms with Crippen molar-refractivity contribution >= 4 is 26.7 Å². The van der Waals surface area contributed by atoms with Crippen molar-refractivity contribution in [3.05, 3.63) is 77.9 Å². The number of carbonyl (C=O) groups is 1. The number of aryl methyl sites for hydroxylation is 1. The second-order valence-electron chi connectivity index (χ2n) is 8.19. The molecule has 3 aromatic rings. The molecule has 5 nitrogen and oxygen atoms in total. The number of hydrogen-bond acceptors (Lipinski definition) is 3. The standard InChI is InChI=1S/C24H28N2O3S/c1-18-7-6-10-21(15-18)24(2,3)17-25-23(27)13-14-26-30(28,29)22-12-11-19-8-4-5-9-20(19)16-22/h4-12,15-16,26H,13-14,17H2,1-3H3,(H,25,27). The maximum atomic E-state index is 12.5. The van der Waals surface area contributed by atoms with Gasteiger partial charge in [-0.15, -0.1) is 0 Å². The zero-order valence-electron chi connectivity index (χ0n) is 17.6. The van der Waals surface area contributed by atoms with Crippen LogP contribution >= 0.6 is 0 Å². The van der Waals surface area contributed by atoms with Crippen LogP contribution in [0.4, 0.5) is 0 Å². The van der Waals surface area contributed by atoms with Gasteiger partial charge in [-0.3, -0.25) is 4.79 Å². The van der Waals surface area contributed by atoms with Crippen molar-refractivity contribution in [2.75, 3.05) is 13.1 Å². The Labute approximate surface area is 178 Å². The highest BCUT2D eigenvalue weighted by atomic mass is 32.2. The Morgan fingerprint density at radius 1 is 0.933 bits per heavy atom. The third kappa shape index (κ3) is 5.46. The summed E-state index contributed by atoms with van der Waals surface area (Å²) in [6.07, 6.45) is 0.0801. The SMILES string of the molecule is Cc1cccc(C(C)(C)CNC(=O)CCNS(=O)(=O)c2ccc3ccccc3c2)c1. The van der Waals surface area contributed by atoms with Gasteiger partial charge < -0.3 is 5.32 Å². The van der Waals surface area contributed by atoms with Crippen molar-refractivity contribution in [3.8, 4) is 0 Å². The highest BCUT2D eigenvalue weighted by Gasteiger charge is 2.21. The van der Waals surface area contributed by atoms with Gasteiger partial charge in [-0.05, 0) is 35.4 Å². The molecule has 0 unspecified atom stereocenters. The van der Waals surface area contributed by atoms with Crippen molar-refractivity contribution in [3.63, 3.8) is 0 Å². The van der Waals surface area contributed by atoms with E-state index in [9.17, 15) is 13.2 Å². The van der Waals surface area contributed by atoms with Crippen LogP contribution in [-0.4, -0.2) is 27.4 Å². The van der Waals surface area contributed by atoms with Gasteiger partial charge in [0.2, 0.25) is 15.9 Å². The third-order valence-electron chi connectivity index (χ3n) is 5.20. The maximum absolute atomic E-state index is 12.5. The molecule has 0 saturated heterocycles. The highest BCUT2D eigenvalue weighted by molar-refractivity contribution is 7.89. The lowest BCUT2D eigenvalue weighted by molar-refractivity contribution is -0.121. The fourth-order valence-electron chi connectivity index (χ4n) is 3.29. The number of hydrogen-bond donors (Lipinski definition) is 2. The number of nitrogens with one attached hydrogen (secondary N) is 2. The normalized spacial score (nSPS) is 12.1. The molecule has 0 aromatic heterocycles. The van der Waals surface area contributed by atoms with E-state index in [4.69, 9.17) is 0 Å².